The number of primary amides is 1. The van der Waals surface area contributed by atoms with Crippen molar-refractivity contribution in [3.63, 3.8) is 0 Å². The van der Waals surface area contributed by atoms with Crippen LogP contribution in [0.5, 0.6) is 0 Å². The van der Waals surface area contributed by atoms with E-state index in [4.69, 9.17) is 5.73 Å². The van der Waals surface area contributed by atoms with Gasteiger partial charge in [0.2, 0.25) is 5.91 Å². The topological polar surface area (TPSA) is 87.5 Å². The zero-order chi connectivity index (χ0) is 14.3. The number of likely N-dealkylation sites (N-methyl/N-ethyl adjacent to an activating group) is 1. The lowest BCUT2D eigenvalue weighted by Crippen LogP contribution is -2.54. The first-order chi connectivity index (χ1) is 9.08. The molecule has 1 aliphatic heterocycles. The third kappa shape index (κ3) is 5.96. The van der Waals surface area contributed by atoms with E-state index in [1.54, 1.807) is 0 Å². The third-order valence-corrected chi connectivity index (χ3v) is 3.60. The van der Waals surface area contributed by atoms with E-state index in [2.05, 4.69) is 17.6 Å². The number of amides is 3. The molecule has 3 amide bonds. The number of likely N-dealkylation sites (tertiary alicyclic amines) is 1. The summed E-state index contributed by atoms with van der Waals surface area (Å²) in [5.74, 6) is -0.00722. The molecule has 0 bridgehead atoms. The van der Waals surface area contributed by atoms with Gasteiger partial charge < -0.3 is 21.3 Å². The van der Waals surface area contributed by atoms with Crippen molar-refractivity contribution in [2.75, 3.05) is 20.1 Å². The van der Waals surface area contributed by atoms with Gasteiger partial charge in [-0.3, -0.25) is 4.79 Å². The second-order valence-electron chi connectivity index (χ2n) is 5.12. The average Bonchev–Trinajstić information content (AvgIpc) is 2.42. The summed E-state index contributed by atoms with van der Waals surface area (Å²) in [4.78, 5) is 25.3. The largest absolute Gasteiger partial charge is 0.352 e. The Kier molecular flexibility index (Phi) is 9.33. The van der Waals surface area contributed by atoms with Gasteiger partial charge >= 0.3 is 6.03 Å². The number of urea groups is 1. The molecule has 2 unspecified atom stereocenters. The van der Waals surface area contributed by atoms with Crippen LogP contribution in [0.3, 0.4) is 0 Å². The fourth-order valence-electron chi connectivity index (χ4n) is 2.47. The minimum atomic E-state index is -0.628. The van der Waals surface area contributed by atoms with Gasteiger partial charge in [0.25, 0.3) is 0 Å². The molecule has 2 atom stereocenters. The van der Waals surface area contributed by atoms with E-state index in [9.17, 15) is 9.59 Å². The summed E-state index contributed by atoms with van der Waals surface area (Å²) in [6.45, 7) is 3.53. The molecule has 0 spiro atoms. The van der Waals surface area contributed by atoms with E-state index in [0.717, 1.165) is 32.2 Å². The Morgan fingerprint density at radius 2 is 2.15 bits per heavy atom. The van der Waals surface area contributed by atoms with Gasteiger partial charge in [-0.1, -0.05) is 19.8 Å². The van der Waals surface area contributed by atoms with Crippen LogP contribution in [0.1, 0.15) is 39.0 Å². The number of carbonyl (C=O) groups is 2. The Morgan fingerprint density at radius 3 is 2.70 bits per heavy atom. The maximum absolute atomic E-state index is 12.4. The van der Waals surface area contributed by atoms with Crippen molar-refractivity contribution in [3.05, 3.63) is 0 Å². The molecule has 6 nitrogen and oxygen atoms in total. The minimum Gasteiger partial charge on any atom is -0.352 e. The molecular formula is C13H27ClN4O2. The summed E-state index contributed by atoms with van der Waals surface area (Å²) in [7, 11) is 1.91. The normalized spacial score (nSPS) is 19.9. The minimum absolute atomic E-state index is 0. The molecule has 0 saturated carbocycles. The quantitative estimate of drug-likeness (QED) is 0.680. The fourth-order valence-corrected chi connectivity index (χ4v) is 2.47. The van der Waals surface area contributed by atoms with E-state index in [0.29, 0.717) is 19.0 Å². The Balaban J connectivity index is 0.00000361. The average molecular weight is 307 g/mol. The highest BCUT2D eigenvalue weighted by Crippen LogP contribution is 2.13. The monoisotopic (exact) mass is 306 g/mol. The first kappa shape index (κ1) is 19.0. The van der Waals surface area contributed by atoms with Crippen LogP contribution in [-0.4, -0.2) is 49.1 Å². The van der Waals surface area contributed by atoms with Gasteiger partial charge in [0, 0.05) is 19.1 Å². The Morgan fingerprint density at radius 1 is 1.45 bits per heavy atom. The Labute approximate surface area is 127 Å². The highest BCUT2D eigenvalue weighted by atomic mass is 35.5. The van der Waals surface area contributed by atoms with Crippen molar-refractivity contribution in [3.8, 4) is 0 Å². The van der Waals surface area contributed by atoms with Gasteiger partial charge in [0.1, 0.15) is 6.04 Å². The molecule has 0 aromatic carbocycles. The van der Waals surface area contributed by atoms with Crippen LogP contribution in [0.15, 0.2) is 0 Å². The molecule has 118 valence electrons. The van der Waals surface area contributed by atoms with E-state index >= 15 is 0 Å². The second kappa shape index (κ2) is 9.83. The summed E-state index contributed by atoms with van der Waals surface area (Å²) in [6, 6.07) is -0.761. The van der Waals surface area contributed by atoms with Crippen LogP contribution in [0, 0.1) is 0 Å². The summed E-state index contributed by atoms with van der Waals surface area (Å²) >= 11 is 0. The van der Waals surface area contributed by atoms with Crippen LogP contribution in [0.4, 0.5) is 4.79 Å². The van der Waals surface area contributed by atoms with Crippen molar-refractivity contribution in [1.29, 1.82) is 0 Å². The molecule has 1 heterocycles. The predicted octanol–water partition coefficient (Wildman–Crippen LogP) is 0.846. The van der Waals surface area contributed by atoms with Crippen LogP contribution in [0.25, 0.3) is 0 Å². The lowest BCUT2D eigenvalue weighted by Gasteiger charge is -2.34. The number of unbranched alkanes of at least 4 members (excludes halogenated alkanes) is 1. The van der Waals surface area contributed by atoms with E-state index < -0.39 is 12.1 Å². The second-order valence-corrected chi connectivity index (χ2v) is 5.12. The molecule has 20 heavy (non-hydrogen) atoms. The Hall–Kier alpha value is -1.01. The molecule has 1 fully saturated rings. The van der Waals surface area contributed by atoms with E-state index in [1.165, 1.54) is 0 Å². The van der Waals surface area contributed by atoms with Gasteiger partial charge in [0.05, 0.1) is 0 Å². The zero-order valence-corrected chi connectivity index (χ0v) is 13.2. The number of piperidine rings is 1. The van der Waals surface area contributed by atoms with E-state index in [-0.39, 0.29) is 18.3 Å². The molecule has 0 aromatic heterocycles. The molecule has 0 aliphatic carbocycles. The molecule has 1 rings (SSSR count). The molecule has 1 aliphatic rings. The molecule has 0 aromatic rings. The number of nitrogens with two attached hydrogens (primary N) is 1. The van der Waals surface area contributed by atoms with Crippen molar-refractivity contribution in [2.24, 2.45) is 5.73 Å². The number of nitrogens with zero attached hydrogens (tertiary/aromatic N) is 1. The standard InChI is InChI=1S/C13H26N4O2.ClH/c1-3-4-7-11(16-13(14)19)12(18)17-8-5-6-10(9-17)15-2;/h10-11,15H,3-9H2,1-2H3,(H3,14,16,19);1H. The summed E-state index contributed by atoms with van der Waals surface area (Å²) in [5.41, 5.74) is 5.15. The zero-order valence-electron chi connectivity index (χ0n) is 12.4. The third-order valence-electron chi connectivity index (χ3n) is 3.60. The SMILES string of the molecule is CCCCC(NC(N)=O)C(=O)N1CCCC(NC)C1.Cl. The molecular weight excluding hydrogens is 280 g/mol. The summed E-state index contributed by atoms with van der Waals surface area (Å²) in [6.07, 6.45) is 4.62. The molecule has 1 saturated heterocycles. The van der Waals surface area contributed by atoms with Gasteiger partial charge in [-0.15, -0.1) is 12.4 Å². The molecule has 7 heteroatoms. The first-order valence-electron chi connectivity index (χ1n) is 7.10. The highest BCUT2D eigenvalue weighted by molar-refractivity contribution is 5.86. The van der Waals surface area contributed by atoms with Crippen molar-refractivity contribution >= 4 is 24.3 Å². The van der Waals surface area contributed by atoms with Crippen molar-refractivity contribution < 1.29 is 9.59 Å². The summed E-state index contributed by atoms with van der Waals surface area (Å²) in [5, 5.41) is 5.78. The highest BCUT2D eigenvalue weighted by Gasteiger charge is 2.28. The smallest absolute Gasteiger partial charge is 0.312 e. The van der Waals surface area contributed by atoms with Gasteiger partial charge in [-0.05, 0) is 26.3 Å². The number of nitrogens with one attached hydrogen (secondary N) is 2. The van der Waals surface area contributed by atoms with E-state index in [1.807, 2.05) is 11.9 Å². The maximum Gasteiger partial charge on any atom is 0.312 e. The number of halogens is 1. The van der Waals surface area contributed by atoms with Gasteiger partial charge in [0.15, 0.2) is 0 Å². The predicted molar refractivity (Wildman–Crippen MR) is 81.9 cm³/mol. The lowest BCUT2D eigenvalue weighted by atomic mass is 10.0. The van der Waals surface area contributed by atoms with Crippen LogP contribution >= 0.6 is 12.4 Å². The van der Waals surface area contributed by atoms with Gasteiger partial charge in [-0.25, -0.2) is 4.79 Å². The van der Waals surface area contributed by atoms with Crippen molar-refractivity contribution in [1.82, 2.24) is 15.5 Å². The Bertz CT molecular complexity index is 315. The van der Waals surface area contributed by atoms with Gasteiger partial charge in [-0.2, -0.15) is 0 Å². The number of hydrogen-bond acceptors (Lipinski definition) is 3. The van der Waals surface area contributed by atoms with Crippen LogP contribution in [-0.2, 0) is 4.79 Å². The fraction of sp³-hybridized carbons (Fsp3) is 0.846. The van der Waals surface area contributed by atoms with Crippen LogP contribution < -0.4 is 16.4 Å². The number of carbonyl (C=O) groups excluding carboxylic acids is 2. The molecule has 4 N–H and O–H groups in total. The first-order valence-corrected chi connectivity index (χ1v) is 7.10. The summed E-state index contributed by atoms with van der Waals surface area (Å²) < 4.78 is 0. The number of hydrogen-bond donors (Lipinski definition) is 3. The van der Waals surface area contributed by atoms with Crippen LogP contribution in [0.2, 0.25) is 0 Å². The maximum atomic E-state index is 12.4. The lowest BCUT2D eigenvalue weighted by molar-refractivity contribution is -0.134. The van der Waals surface area contributed by atoms with Crippen molar-refractivity contribution in [2.45, 2.75) is 51.1 Å². The number of rotatable bonds is 6. The molecule has 0 radical (unpaired) electrons.